The third kappa shape index (κ3) is 1.29. The van der Waals surface area contributed by atoms with Crippen LogP contribution in [0.1, 0.15) is 0 Å². The molecule has 2 aromatic rings. The Kier molecular flexibility index (Phi) is 1.78. The molecule has 58 valence electrons. The van der Waals surface area contributed by atoms with Crippen LogP contribution in [0.3, 0.4) is 0 Å². The van der Waals surface area contributed by atoms with Gasteiger partial charge in [0.25, 0.3) is 0 Å². The van der Waals surface area contributed by atoms with Crippen LogP contribution >= 0.6 is 0 Å². The van der Waals surface area contributed by atoms with Gasteiger partial charge < -0.3 is 0 Å². The summed E-state index contributed by atoms with van der Waals surface area (Å²) in [5, 5.41) is 7.64. The van der Waals surface area contributed by atoms with Crippen molar-refractivity contribution in [1.82, 2.24) is 15.2 Å². The minimum Gasteiger partial charge on any atom is -0.233 e. The lowest BCUT2D eigenvalue weighted by molar-refractivity contribution is 0.980. The summed E-state index contributed by atoms with van der Waals surface area (Å²) < 4.78 is 0. The average molecular weight is 157 g/mol. The SMILES string of the molecule is c1ccc(-c2nccnn2)cc1. The predicted molar refractivity (Wildman–Crippen MR) is 45.3 cm³/mol. The van der Waals surface area contributed by atoms with E-state index in [1.807, 2.05) is 30.3 Å². The van der Waals surface area contributed by atoms with Crippen LogP contribution in [0.5, 0.6) is 0 Å². The molecule has 1 aromatic heterocycles. The fourth-order valence-corrected chi connectivity index (χ4v) is 0.967. The number of nitrogens with zero attached hydrogens (tertiary/aromatic N) is 3. The zero-order valence-electron chi connectivity index (χ0n) is 6.38. The van der Waals surface area contributed by atoms with Gasteiger partial charge in [0.2, 0.25) is 0 Å². The van der Waals surface area contributed by atoms with Crippen molar-refractivity contribution in [2.24, 2.45) is 0 Å². The summed E-state index contributed by atoms with van der Waals surface area (Å²) in [6, 6.07) is 9.77. The molecule has 0 N–H and O–H groups in total. The van der Waals surface area contributed by atoms with Crippen LogP contribution in [-0.4, -0.2) is 15.2 Å². The van der Waals surface area contributed by atoms with Crippen molar-refractivity contribution in [1.29, 1.82) is 0 Å². The second-order valence-corrected chi connectivity index (χ2v) is 2.33. The molecule has 0 aliphatic rings. The Morgan fingerprint density at radius 2 is 1.75 bits per heavy atom. The zero-order valence-corrected chi connectivity index (χ0v) is 6.38. The van der Waals surface area contributed by atoms with Crippen LogP contribution in [0.25, 0.3) is 11.4 Å². The summed E-state index contributed by atoms with van der Waals surface area (Å²) >= 11 is 0. The molecule has 1 aromatic carbocycles. The molecule has 0 bridgehead atoms. The van der Waals surface area contributed by atoms with Gasteiger partial charge in [0, 0.05) is 11.8 Å². The Labute approximate surface area is 70.1 Å². The summed E-state index contributed by atoms with van der Waals surface area (Å²) in [5.74, 6) is 0.665. The van der Waals surface area contributed by atoms with Crippen molar-refractivity contribution in [3.8, 4) is 11.4 Å². The van der Waals surface area contributed by atoms with Gasteiger partial charge in [0.15, 0.2) is 5.82 Å². The third-order valence-electron chi connectivity index (χ3n) is 1.51. The van der Waals surface area contributed by atoms with E-state index in [1.54, 1.807) is 12.4 Å². The highest BCUT2D eigenvalue weighted by atomic mass is 15.1. The first-order valence-electron chi connectivity index (χ1n) is 3.66. The first kappa shape index (κ1) is 6.91. The van der Waals surface area contributed by atoms with Crippen LogP contribution in [0.4, 0.5) is 0 Å². The second-order valence-electron chi connectivity index (χ2n) is 2.33. The van der Waals surface area contributed by atoms with Gasteiger partial charge in [-0.05, 0) is 0 Å². The second kappa shape index (κ2) is 3.09. The number of hydrogen-bond donors (Lipinski definition) is 0. The summed E-state index contributed by atoms with van der Waals surface area (Å²) in [6.07, 6.45) is 3.20. The largest absolute Gasteiger partial charge is 0.233 e. The Balaban J connectivity index is 2.46. The van der Waals surface area contributed by atoms with Crippen molar-refractivity contribution in [3.05, 3.63) is 42.7 Å². The monoisotopic (exact) mass is 157 g/mol. The summed E-state index contributed by atoms with van der Waals surface area (Å²) in [5.41, 5.74) is 0.991. The quantitative estimate of drug-likeness (QED) is 0.630. The molecular weight excluding hydrogens is 150 g/mol. The highest BCUT2D eigenvalue weighted by Gasteiger charge is 1.96. The van der Waals surface area contributed by atoms with Gasteiger partial charge in [-0.3, -0.25) is 0 Å². The van der Waals surface area contributed by atoms with E-state index in [-0.39, 0.29) is 0 Å². The summed E-state index contributed by atoms with van der Waals surface area (Å²) in [7, 11) is 0. The first-order valence-corrected chi connectivity index (χ1v) is 3.66. The van der Waals surface area contributed by atoms with Crippen molar-refractivity contribution in [2.75, 3.05) is 0 Å². The number of hydrogen-bond acceptors (Lipinski definition) is 3. The number of aromatic nitrogens is 3. The predicted octanol–water partition coefficient (Wildman–Crippen LogP) is 1.54. The molecule has 3 nitrogen and oxygen atoms in total. The van der Waals surface area contributed by atoms with E-state index >= 15 is 0 Å². The molecule has 3 heteroatoms. The standard InChI is InChI=1S/C9H7N3/c1-2-4-8(5-3-1)9-10-6-7-11-12-9/h1-7H. The molecule has 0 radical (unpaired) electrons. The molecule has 0 amide bonds. The van der Waals surface area contributed by atoms with E-state index < -0.39 is 0 Å². The normalized spacial score (nSPS) is 9.67. The van der Waals surface area contributed by atoms with Crippen molar-refractivity contribution in [3.63, 3.8) is 0 Å². The van der Waals surface area contributed by atoms with E-state index in [2.05, 4.69) is 15.2 Å². The maximum absolute atomic E-state index is 4.08. The number of benzene rings is 1. The molecule has 0 aliphatic heterocycles. The van der Waals surface area contributed by atoms with Gasteiger partial charge in [-0.25, -0.2) is 4.98 Å². The van der Waals surface area contributed by atoms with Crippen LogP contribution in [0.15, 0.2) is 42.7 Å². The molecular formula is C9H7N3. The van der Waals surface area contributed by atoms with E-state index in [9.17, 15) is 0 Å². The number of rotatable bonds is 1. The van der Waals surface area contributed by atoms with Crippen LogP contribution in [-0.2, 0) is 0 Å². The Bertz CT molecular complexity index is 307. The fraction of sp³-hybridized carbons (Fsp3) is 0. The molecule has 2 rings (SSSR count). The van der Waals surface area contributed by atoms with Gasteiger partial charge in [-0.15, -0.1) is 5.10 Å². The fourth-order valence-electron chi connectivity index (χ4n) is 0.967. The van der Waals surface area contributed by atoms with Gasteiger partial charge in [-0.1, -0.05) is 30.3 Å². The highest BCUT2D eigenvalue weighted by Crippen LogP contribution is 2.10. The maximum Gasteiger partial charge on any atom is 0.181 e. The van der Waals surface area contributed by atoms with Crippen LogP contribution < -0.4 is 0 Å². The van der Waals surface area contributed by atoms with Crippen molar-refractivity contribution in [2.45, 2.75) is 0 Å². The highest BCUT2D eigenvalue weighted by molar-refractivity contribution is 5.53. The molecule has 0 fully saturated rings. The topological polar surface area (TPSA) is 38.7 Å². The molecule has 1 heterocycles. The van der Waals surface area contributed by atoms with Crippen LogP contribution in [0, 0.1) is 0 Å². The third-order valence-corrected chi connectivity index (χ3v) is 1.51. The zero-order chi connectivity index (χ0) is 8.23. The van der Waals surface area contributed by atoms with Crippen LogP contribution in [0.2, 0.25) is 0 Å². The van der Waals surface area contributed by atoms with Crippen molar-refractivity contribution < 1.29 is 0 Å². The Morgan fingerprint density at radius 1 is 0.917 bits per heavy atom. The molecule has 0 atom stereocenters. The lowest BCUT2D eigenvalue weighted by Crippen LogP contribution is -1.88. The van der Waals surface area contributed by atoms with Gasteiger partial charge in [0.05, 0.1) is 6.20 Å². The summed E-state index contributed by atoms with van der Waals surface area (Å²) in [4.78, 5) is 4.08. The molecule has 0 unspecified atom stereocenters. The minimum absolute atomic E-state index is 0.665. The lowest BCUT2D eigenvalue weighted by Gasteiger charge is -1.95. The van der Waals surface area contributed by atoms with Crippen molar-refractivity contribution >= 4 is 0 Å². The Hall–Kier alpha value is -1.77. The minimum atomic E-state index is 0.665. The van der Waals surface area contributed by atoms with E-state index in [4.69, 9.17) is 0 Å². The lowest BCUT2D eigenvalue weighted by atomic mass is 10.2. The van der Waals surface area contributed by atoms with E-state index in [1.165, 1.54) is 0 Å². The maximum atomic E-state index is 4.08. The van der Waals surface area contributed by atoms with Gasteiger partial charge >= 0.3 is 0 Å². The summed E-state index contributed by atoms with van der Waals surface area (Å²) in [6.45, 7) is 0. The molecule has 0 spiro atoms. The van der Waals surface area contributed by atoms with Gasteiger partial charge in [0.1, 0.15) is 0 Å². The van der Waals surface area contributed by atoms with E-state index in [0.717, 1.165) is 5.56 Å². The first-order chi connectivity index (χ1) is 5.97. The molecule has 0 saturated carbocycles. The Morgan fingerprint density at radius 3 is 2.42 bits per heavy atom. The molecule has 0 saturated heterocycles. The molecule has 12 heavy (non-hydrogen) atoms. The van der Waals surface area contributed by atoms with Gasteiger partial charge in [-0.2, -0.15) is 5.10 Å². The molecule has 0 aliphatic carbocycles. The smallest absolute Gasteiger partial charge is 0.181 e. The van der Waals surface area contributed by atoms with E-state index in [0.29, 0.717) is 5.82 Å². The average Bonchev–Trinajstić information content (AvgIpc) is 2.21.